The van der Waals surface area contributed by atoms with E-state index in [0.717, 1.165) is 43.8 Å². The molecule has 1 aromatic carbocycles. The summed E-state index contributed by atoms with van der Waals surface area (Å²) in [6, 6.07) is 9.68. The Morgan fingerprint density at radius 1 is 1.18 bits per heavy atom. The fraction of sp³-hybridized carbons (Fsp3) is 0.476. The molecule has 1 aliphatic heterocycles. The second-order valence-corrected chi connectivity index (χ2v) is 7.14. The molecular formula is C21H28N4O3. The smallest absolute Gasteiger partial charge is 0.312 e. The molecule has 0 radical (unpaired) electrons. The van der Waals surface area contributed by atoms with Gasteiger partial charge < -0.3 is 15.2 Å². The molecule has 150 valence electrons. The van der Waals surface area contributed by atoms with Gasteiger partial charge in [0.05, 0.1) is 18.6 Å². The molecule has 0 atom stereocenters. The molecule has 0 spiro atoms. The second kappa shape index (κ2) is 9.50. The number of para-hydroxylation sites is 1. The number of hydrogen-bond donors (Lipinski definition) is 1. The quantitative estimate of drug-likeness (QED) is 0.700. The Morgan fingerprint density at radius 2 is 1.86 bits per heavy atom. The summed E-state index contributed by atoms with van der Waals surface area (Å²) in [6.07, 6.45) is 5.66. The number of piperidine rings is 1. The summed E-state index contributed by atoms with van der Waals surface area (Å²) in [7, 11) is 0. The number of rotatable bonds is 8. The molecule has 3 rings (SSSR count). The maximum absolute atomic E-state index is 12.7. The zero-order chi connectivity index (χ0) is 19.8. The molecule has 1 aromatic heterocycles. The van der Waals surface area contributed by atoms with Crippen LogP contribution in [0.2, 0.25) is 0 Å². The first kappa shape index (κ1) is 20.1. The zero-order valence-corrected chi connectivity index (χ0v) is 16.3. The van der Waals surface area contributed by atoms with Crippen LogP contribution in [-0.2, 0) is 16.1 Å². The highest BCUT2D eigenvalue weighted by Gasteiger charge is 2.42. The Kier molecular flexibility index (Phi) is 6.81. The lowest BCUT2D eigenvalue weighted by Crippen LogP contribution is -2.45. The van der Waals surface area contributed by atoms with Crippen molar-refractivity contribution < 1.29 is 14.3 Å². The topological polar surface area (TPSA) is 90.6 Å². The average Bonchev–Trinajstić information content (AvgIpc) is 2.72. The number of likely N-dealkylation sites (tertiary alicyclic amines) is 1. The normalized spacial score (nSPS) is 16.5. The molecule has 0 unspecified atom stereocenters. The maximum Gasteiger partial charge on any atom is 0.312 e. The van der Waals surface area contributed by atoms with Gasteiger partial charge in [0.25, 0.3) is 0 Å². The number of carbonyl (C=O) groups excluding carboxylic acids is 1. The van der Waals surface area contributed by atoms with Gasteiger partial charge >= 0.3 is 5.97 Å². The summed E-state index contributed by atoms with van der Waals surface area (Å²) in [6.45, 7) is 5.12. The van der Waals surface area contributed by atoms with E-state index < -0.39 is 5.41 Å². The molecule has 2 heterocycles. The van der Waals surface area contributed by atoms with Crippen molar-refractivity contribution in [3.8, 4) is 5.75 Å². The molecule has 2 aromatic rings. The maximum atomic E-state index is 12.7. The molecule has 2 N–H and O–H groups in total. The summed E-state index contributed by atoms with van der Waals surface area (Å²) < 4.78 is 11.3. The van der Waals surface area contributed by atoms with Gasteiger partial charge in [0.2, 0.25) is 5.95 Å². The Balaban J connectivity index is 1.58. The van der Waals surface area contributed by atoms with Gasteiger partial charge in [0, 0.05) is 24.5 Å². The number of benzene rings is 1. The first-order valence-corrected chi connectivity index (χ1v) is 9.75. The number of esters is 1. The minimum Gasteiger partial charge on any atom is -0.494 e. The number of carbonyl (C=O) groups is 1. The number of ether oxygens (including phenoxy) is 2. The van der Waals surface area contributed by atoms with Crippen LogP contribution in [0.1, 0.15) is 31.7 Å². The van der Waals surface area contributed by atoms with E-state index in [2.05, 4.69) is 14.9 Å². The Bertz CT molecular complexity index is 744. The molecule has 1 saturated heterocycles. The lowest BCUT2D eigenvalue weighted by molar-refractivity contribution is -0.159. The van der Waals surface area contributed by atoms with Crippen LogP contribution in [0.5, 0.6) is 5.75 Å². The summed E-state index contributed by atoms with van der Waals surface area (Å²) >= 11 is 0. The van der Waals surface area contributed by atoms with Gasteiger partial charge in [-0.1, -0.05) is 18.2 Å². The molecule has 1 aliphatic rings. The van der Waals surface area contributed by atoms with E-state index in [1.54, 1.807) is 12.4 Å². The number of hydrogen-bond acceptors (Lipinski definition) is 7. The van der Waals surface area contributed by atoms with Crippen molar-refractivity contribution in [3.05, 3.63) is 48.3 Å². The fourth-order valence-electron chi connectivity index (χ4n) is 3.57. The molecule has 28 heavy (non-hydrogen) atoms. The second-order valence-electron chi connectivity index (χ2n) is 7.14. The first-order chi connectivity index (χ1) is 13.6. The molecule has 0 amide bonds. The van der Waals surface area contributed by atoms with Crippen LogP contribution in [0.4, 0.5) is 5.95 Å². The molecule has 7 heteroatoms. The Morgan fingerprint density at radius 3 is 2.50 bits per heavy atom. The minimum absolute atomic E-state index is 0.109. The van der Waals surface area contributed by atoms with E-state index in [4.69, 9.17) is 15.2 Å². The number of anilines is 1. The van der Waals surface area contributed by atoms with Crippen molar-refractivity contribution in [2.75, 3.05) is 32.0 Å². The third-order valence-corrected chi connectivity index (χ3v) is 5.25. The predicted molar refractivity (Wildman–Crippen MR) is 107 cm³/mol. The Hall–Kier alpha value is -2.67. The van der Waals surface area contributed by atoms with Crippen LogP contribution in [0.25, 0.3) is 0 Å². The summed E-state index contributed by atoms with van der Waals surface area (Å²) in [4.78, 5) is 23.1. The van der Waals surface area contributed by atoms with E-state index >= 15 is 0 Å². The van der Waals surface area contributed by atoms with Crippen molar-refractivity contribution in [2.45, 2.75) is 32.7 Å². The van der Waals surface area contributed by atoms with Crippen molar-refractivity contribution in [3.63, 3.8) is 0 Å². The molecule has 0 bridgehead atoms. The van der Waals surface area contributed by atoms with E-state index in [1.165, 1.54) is 0 Å². The van der Waals surface area contributed by atoms with E-state index in [0.29, 0.717) is 19.6 Å². The van der Waals surface area contributed by atoms with Crippen LogP contribution in [-0.4, -0.2) is 47.1 Å². The lowest BCUT2D eigenvalue weighted by Gasteiger charge is -2.39. The largest absolute Gasteiger partial charge is 0.494 e. The van der Waals surface area contributed by atoms with E-state index in [1.807, 2.05) is 37.3 Å². The molecule has 7 nitrogen and oxygen atoms in total. The number of nitrogen functional groups attached to an aromatic ring is 1. The van der Waals surface area contributed by atoms with Gasteiger partial charge in [-0.15, -0.1) is 0 Å². The lowest BCUT2D eigenvalue weighted by atomic mass is 9.75. The molecule has 1 fully saturated rings. The summed E-state index contributed by atoms with van der Waals surface area (Å²) in [5, 5.41) is 0. The summed E-state index contributed by atoms with van der Waals surface area (Å²) in [5.41, 5.74) is 6.08. The molecule has 0 saturated carbocycles. The SMILES string of the molecule is CCOC(=O)C1(CCOc2ccccc2)CCN(Cc2cnc(N)nc2)CC1. The minimum atomic E-state index is -0.487. The van der Waals surface area contributed by atoms with Crippen molar-refractivity contribution in [2.24, 2.45) is 5.41 Å². The highest BCUT2D eigenvalue weighted by Crippen LogP contribution is 2.37. The van der Waals surface area contributed by atoms with E-state index in [9.17, 15) is 4.79 Å². The highest BCUT2D eigenvalue weighted by molar-refractivity contribution is 5.77. The van der Waals surface area contributed by atoms with Crippen molar-refractivity contribution in [1.29, 1.82) is 0 Å². The van der Waals surface area contributed by atoms with Crippen LogP contribution in [0, 0.1) is 5.41 Å². The van der Waals surface area contributed by atoms with Gasteiger partial charge in [0.15, 0.2) is 0 Å². The average molecular weight is 384 g/mol. The number of nitrogens with zero attached hydrogens (tertiary/aromatic N) is 3. The van der Waals surface area contributed by atoms with Crippen molar-refractivity contribution in [1.82, 2.24) is 14.9 Å². The molecule has 0 aliphatic carbocycles. The zero-order valence-electron chi connectivity index (χ0n) is 16.3. The van der Waals surface area contributed by atoms with Crippen LogP contribution in [0.15, 0.2) is 42.7 Å². The number of nitrogens with two attached hydrogens (primary N) is 1. The van der Waals surface area contributed by atoms with Crippen LogP contribution < -0.4 is 10.5 Å². The first-order valence-electron chi connectivity index (χ1n) is 9.75. The highest BCUT2D eigenvalue weighted by atomic mass is 16.5. The van der Waals surface area contributed by atoms with Gasteiger partial charge in [-0.2, -0.15) is 0 Å². The third kappa shape index (κ3) is 5.19. The standard InChI is InChI=1S/C21H28N4O3/c1-2-27-19(26)21(10-13-28-18-6-4-3-5-7-18)8-11-25(12-9-21)16-17-14-23-20(22)24-15-17/h3-7,14-15H,2,8-13,16H2,1H3,(H2,22,23,24). The van der Waals surface area contributed by atoms with Gasteiger partial charge in [-0.25, -0.2) is 9.97 Å². The van der Waals surface area contributed by atoms with Gasteiger partial charge in [-0.05, 0) is 51.4 Å². The monoisotopic (exact) mass is 384 g/mol. The van der Waals surface area contributed by atoms with Crippen molar-refractivity contribution >= 4 is 11.9 Å². The van der Waals surface area contributed by atoms with Crippen LogP contribution in [0.3, 0.4) is 0 Å². The Labute approximate surface area is 165 Å². The number of aromatic nitrogens is 2. The van der Waals surface area contributed by atoms with E-state index in [-0.39, 0.29) is 11.9 Å². The van der Waals surface area contributed by atoms with Crippen LogP contribution >= 0.6 is 0 Å². The fourth-order valence-corrected chi connectivity index (χ4v) is 3.57. The van der Waals surface area contributed by atoms with Gasteiger partial charge in [-0.3, -0.25) is 9.69 Å². The third-order valence-electron chi connectivity index (χ3n) is 5.25. The molecular weight excluding hydrogens is 356 g/mol. The predicted octanol–water partition coefficient (Wildman–Crippen LogP) is 2.67. The van der Waals surface area contributed by atoms with Gasteiger partial charge in [0.1, 0.15) is 5.75 Å². The summed E-state index contributed by atoms with van der Waals surface area (Å²) in [5.74, 6) is 0.992.